The number of aromatic nitrogens is 1. The first-order valence-corrected chi connectivity index (χ1v) is 8.96. The molecule has 27 heavy (non-hydrogen) atoms. The van der Waals surface area contributed by atoms with E-state index in [1.165, 1.54) is 7.11 Å². The number of carbonyl (C=O) groups is 2. The molecule has 2 heterocycles. The van der Waals surface area contributed by atoms with E-state index in [2.05, 4.69) is 4.98 Å². The van der Waals surface area contributed by atoms with Gasteiger partial charge in [0.1, 0.15) is 0 Å². The summed E-state index contributed by atoms with van der Waals surface area (Å²) in [5.41, 5.74) is 2.95. The second-order valence-electron chi connectivity index (χ2n) is 6.77. The van der Waals surface area contributed by atoms with E-state index in [0.717, 1.165) is 17.7 Å². The van der Waals surface area contributed by atoms with E-state index in [4.69, 9.17) is 4.74 Å². The lowest BCUT2D eigenvalue weighted by Crippen LogP contribution is -2.40. The number of hydrogen-bond acceptors (Lipinski definition) is 5. The van der Waals surface area contributed by atoms with Crippen molar-refractivity contribution in [1.82, 2.24) is 4.98 Å². The average molecular weight is 364 g/mol. The number of nitrogens with zero attached hydrogens (tertiary/aromatic N) is 2. The predicted molar refractivity (Wildman–Crippen MR) is 99.6 cm³/mol. The quantitative estimate of drug-likeness (QED) is 0.904. The van der Waals surface area contributed by atoms with Gasteiger partial charge in [0, 0.05) is 36.2 Å². The molecule has 6 heteroatoms. The highest BCUT2D eigenvalue weighted by Crippen LogP contribution is 2.44. The summed E-state index contributed by atoms with van der Waals surface area (Å²) in [7, 11) is 1.48. The first-order valence-electron chi connectivity index (χ1n) is 8.96. The fourth-order valence-electron chi connectivity index (χ4n) is 3.97. The maximum Gasteiger partial charge on any atom is 0.232 e. The lowest BCUT2D eigenvalue weighted by atomic mass is 9.77. The molecular formula is C21H20N2O4. The van der Waals surface area contributed by atoms with E-state index in [0.29, 0.717) is 29.9 Å². The number of rotatable bonds is 3. The van der Waals surface area contributed by atoms with Crippen molar-refractivity contribution in [3.63, 3.8) is 0 Å². The molecular weight excluding hydrogens is 344 g/mol. The van der Waals surface area contributed by atoms with Gasteiger partial charge in [0.2, 0.25) is 5.91 Å². The molecule has 1 atom stereocenters. The molecule has 1 unspecified atom stereocenters. The number of anilines is 1. The fourth-order valence-corrected chi connectivity index (χ4v) is 3.97. The number of methoxy groups -OCH3 is 1. The van der Waals surface area contributed by atoms with Crippen molar-refractivity contribution in [2.45, 2.75) is 31.6 Å². The Balaban J connectivity index is 1.85. The molecule has 1 aliphatic heterocycles. The Hall–Kier alpha value is -3.15. The smallest absolute Gasteiger partial charge is 0.232 e. The number of Topliss-reactive ketones (excluding diaryl/α,β-unsaturated/α-hetero) is 1. The van der Waals surface area contributed by atoms with Gasteiger partial charge >= 0.3 is 0 Å². The molecule has 138 valence electrons. The molecule has 0 saturated carbocycles. The number of amides is 1. The van der Waals surface area contributed by atoms with Crippen LogP contribution >= 0.6 is 0 Å². The van der Waals surface area contributed by atoms with E-state index in [1.807, 2.05) is 6.07 Å². The van der Waals surface area contributed by atoms with Crippen LogP contribution < -0.4 is 9.64 Å². The third-order valence-corrected chi connectivity index (χ3v) is 5.19. The Morgan fingerprint density at radius 3 is 2.81 bits per heavy atom. The van der Waals surface area contributed by atoms with Crippen LogP contribution in [0.25, 0.3) is 0 Å². The average Bonchev–Trinajstić information content (AvgIpc) is 2.68. The van der Waals surface area contributed by atoms with E-state index < -0.39 is 0 Å². The summed E-state index contributed by atoms with van der Waals surface area (Å²) in [5, 5.41) is 9.87. The summed E-state index contributed by atoms with van der Waals surface area (Å²) >= 11 is 0. The van der Waals surface area contributed by atoms with Crippen molar-refractivity contribution >= 4 is 17.4 Å². The lowest BCUT2D eigenvalue weighted by Gasteiger charge is -2.38. The van der Waals surface area contributed by atoms with E-state index in [1.54, 1.807) is 41.6 Å². The monoisotopic (exact) mass is 364 g/mol. The van der Waals surface area contributed by atoms with Crippen LogP contribution in [-0.4, -0.2) is 28.9 Å². The number of phenols is 1. The minimum absolute atomic E-state index is 0.0320. The minimum atomic E-state index is -0.331. The largest absolute Gasteiger partial charge is 0.504 e. The van der Waals surface area contributed by atoms with Crippen LogP contribution in [0.15, 0.2) is 54.0 Å². The van der Waals surface area contributed by atoms with E-state index >= 15 is 0 Å². The molecule has 0 fully saturated rings. The highest BCUT2D eigenvalue weighted by Gasteiger charge is 2.39. The fraction of sp³-hybridized carbons (Fsp3) is 0.286. The van der Waals surface area contributed by atoms with E-state index in [-0.39, 0.29) is 29.8 Å². The molecule has 0 radical (unpaired) electrons. The van der Waals surface area contributed by atoms with Crippen molar-refractivity contribution in [3.8, 4) is 11.5 Å². The SMILES string of the molecule is COc1cc(C2CC(=O)N(c3cccnc3)C3=C2C(=O)CCC3)ccc1O. The van der Waals surface area contributed by atoms with Crippen molar-refractivity contribution in [3.05, 3.63) is 59.6 Å². The molecule has 1 aromatic heterocycles. The molecule has 1 amide bonds. The Morgan fingerprint density at radius 2 is 2.07 bits per heavy atom. The van der Waals surface area contributed by atoms with Gasteiger partial charge in [-0.2, -0.15) is 0 Å². The zero-order valence-electron chi connectivity index (χ0n) is 15.0. The molecule has 0 bridgehead atoms. The number of carbonyl (C=O) groups excluding carboxylic acids is 2. The Morgan fingerprint density at radius 1 is 1.22 bits per heavy atom. The van der Waals surface area contributed by atoms with Crippen LogP contribution in [0.3, 0.4) is 0 Å². The number of pyridine rings is 1. The first-order chi connectivity index (χ1) is 13.1. The second kappa shape index (κ2) is 6.87. The Bertz CT molecular complexity index is 936. The second-order valence-corrected chi connectivity index (χ2v) is 6.77. The molecule has 2 aliphatic rings. The normalized spacial score (nSPS) is 19.9. The molecule has 4 rings (SSSR count). The van der Waals surface area contributed by atoms with Crippen LogP contribution in [-0.2, 0) is 9.59 Å². The number of allylic oxidation sites excluding steroid dienone is 2. The van der Waals surface area contributed by atoms with Crippen molar-refractivity contribution < 1.29 is 19.4 Å². The van der Waals surface area contributed by atoms with Gasteiger partial charge in [-0.15, -0.1) is 0 Å². The summed E-state index contributed by atoms with van der Waals surface area (Å²) in [6.45, 7) is 0. The van der Waals surface area contributed by atoms with E-state index in [9.17, 15) is 14.7 Å². The van der Waals surface area contributed by atoms with Crippen LogP contribution in [0.1, 0.15) is 37.2 Å². The summed E-state index contributed by atoms with van der Waals surface area (Å²) in [6, 6.07) is 8.62. The number of aromatic hydroxyl groups is 1. The van der Waals surface area contributed by atoms with Crippen molar-refractivity contribution in [2.75, 3.05) is 12.0 Å². The van der Waals surface area contributed by atoms with Gasteiger partial charge in [0.25, 0.3) is 0 Å². The predicted octanol–water partition coefficient (Wildman–Crippen LogP) is 3.32. The van der Waals surface area contributed by atoms with Crippen LogP contribution in [0.4, 0.5) is 5.69 Å². The lowest BCUT2D eigenvalue weighted by molar-refractivity contribution is -0.119. The molecule has 1 N–H and O–H groups in total. The molecule has 0 saturated heterocycles. The number of ether oxygens (including phenoxy) is 1. The van der Waals surface area contributed by atoms with Gasteiger partial charge in [-0.1, -0.05) is 6.07 Å². The number of phenolic OH excluding ortho intramolecular Hbond substituents is 1. The van der Waals surface area contributed by atoms with Gasteiger partial charge in [-0.3, -0.25) is 19.5 Å². The topological polar surface area (TPSA) is 79.7 Å². The van der Waals surface area contributed by atoms with Crippen LogP contribution in [0.5, 0.6) is 11.5 Å². The highest BCUT2D eigenvalue weighted by molar-refractivity contribution is 6.07. The zero-order chi connectivity index (χ0) is 19.0. The van der Waals surface area contributed by atoms with Gasteiger partial charge < -0.3 is 9.84 Å². The Kier molecular flexibility index (Phi) is 4.39. The molecule has 6 nitrogen and oxygen atoms in total. The van der Waals surface area contributed by atoms with Gasteiger partial charge in [0.05, 0.1) is 19.0 Å². The molecule has 0 spiro atoms. The maximum absolute atomic E-state index is 13.0. The number of ketones is 1. The summed E-state index contributed by atoms with van der Waals surface area (Å²) in [6.07, 6.45) is 5.38. The molecule has 2 aromatic rings. The first kappa shape index (κ1) is 17.3. The zero-order valence-corrected chi connectivity index (χ0v) is 15.0. The minimum Gasteiger partial charge on any atom is -0.504 e. The van der Waals surface area contributed by atoms with Gasteiger partial charge in [-0.05, 0) is 42.7 Å². The maximum atomic E-state index is 13.0. The van der Waals surface area contributed by atoms with Crippen LogP contribution in [0, 0.1) is 0 Å². The number of benzene rings is 1. The summed E-state index contributed by atoms with van der Waals surface area (Å²) in [5.74, 6) is 0.0514. The summed E-state index contributed by atoms with van der Waals surface area (Å²) in [4.78, 5) is 31.6. The highest BCUT2D eigenvalue weighted by atomic mass is 16.5. The van der Waals surface area contributed by atoms with Gasteiger partial charge in [0.15, 0.2) is 17.3 Å². The van der Waals surface area contributed by atoms with Crippen molar-refractivity contribution in [1.29, 1.82) is 0 Å². The molecule has 1 aromatic carbocycles. The van der Waals surface area contributed by atoms with Crippen LogP contribution in [0.2, 0.25) is 0 Å². The number of hydrogen-bond donors (Lipinski definition) is 1. The third kappa shape index (κ3) is 2.97. The summed E-state index contributed by atoms with van der Waals surface area (Å²) < 4.78 is 5.20. The molecule has 1 aliphatic carbocycles. The van der Waals surface area contributed by atoms with Gasteiger partial charge in [-0.25, -0.2) is 0 Å². The standard InChI is InChI=1S/C21H20N2O4/c1-27-19-10-13(7-8-17(19)24)15-11-20(26)23(14-4-3-9-22-12-14)16-5-2-6-18(25)21(15)16/h3-4,7-10,12,15,24H,2,5-6,11H2,1H3. The third-order valence-electron chi connectivity index (χ3n) is 5.19. The Labute approximate surface area is 157 Å². The van der Waals surface area contributed by atoms with Crippen molar-refractivity contribution in [2.24, 2.45) is 0 Å².